The van der Waals surface area contributed by atoms with E-state index < -0.39 is 0 Å². The molecule has 2 aromatic rings. The van der Waals surface area contributed by atoms with Crippen LogP contribution in [0.5, 0.6) is 5.75 Å². The minimum absolute atomic E-state index is 0.158. The highest BCUT2D eigenvalue weighted by Crippen LogP contribution is 2.31. The van der Waals surface area contributed by atoms with E-state index in [-0.39, 0.29) is 12.5 Å². The lowest BCUT2D eigenvalue weighted by Crippen LogP contribution is -2.20. The number of nitrogens with zero attached hydrogens (tertiary/aromatic N) is 1. The molecule has 0 saturated heterocycles. The molecule has 0 aliphatic heterocycles. The first kappa shape index (κ1) is 13.6. The molecule has 0 spiro atoms. The van der Waals surface area contributed by atoms with Crippen LogP contribution in [0.3, 0.4) is 0 Å². The topological polar surface area (TPSA) is 51.2 Å². The van der Waals surface area contributed by atoms with Gasteiger partial charge in [-0.05, 0) is 24.3 Å². The van der Waals surface area contributed by atoms with Crippen LogP contribution in [0.15, 0.2) is 42.7 Å². The van der Waals surface area contributed by atoms with Gasteiger partial charge in [0.2, 0.25) is 0 Å². The van der Waals surface area contributed by atoms with Gasteiger partial charge in [-0.3, -0.25) is 9.78 Å². The smallest absolute Gasteiger partial charge is 0.262 e. The van der Waals surface area contributed by atoms with Crippen LogP contribution in [0.4, 0.5) is 5.69 Å². The third kappa shape index (κ3) is 3.84. The van der Waals surface area contributed by atoms with Crippen molar-refractivity contribution in [3.05, 3.63) is 52.8 Å². The maximum atomic E-state index is 11.6. The summed E-state index contributed by atoms with van der Waals surface area (Å²) in [6.07, 6.45) is 3.17. The summed E-state index contributed by atoms with van der Waals surface area (Å²) in [5.41, 5.74) is 0.605. The Morgan fingerprint density at radius 2 is 2.11 bits per heavy atom. The van der Waals surface area contributed by atoms with Crippen molar-refractivity contribution in [3.63, 3.8) is 0 Å². The second kappa shape index (κ2) is 6.41. The van der Waals surface area contributed by atoms with Crippen molar-refractivity contribution in [2.75, 3.05) is 11.9 Å². The molecule has 0 fully saturated rings. The summed E-state index contributed by atoms with van der Waals surface area (Å²) in [6, 6.07) is 8.45. The summed E-state index contributed by atoms with van der Waals surface area (Å²) in [4.78, 5) is 15.5. The van der Waals surface area contributed by atoms with Gasteiger partial charge in [-0.1, -0.05) is 29.3 Å². The zero-order valence-corrected chi connectivity index (χ0v) is 11.3. The minimum atomic E-state index is -0.302. The van der Waals surface area contributed by atoms with E-state index in [1.165, 1.54) is 0 Å². The molecule has 98 valence electrons. The number of nitrogens with one attached hydrogen (secondary N) is 1. The minimum Gasteiger partial charge on any atom is -0.482 e. The van der Waals surface area contributed by atoms with Crippen molar-refractivity contribution in [2.24, 2.45) is 0 Å². The third-order valence-electron chi connectivity index (χ3n) is 2.22. The van der Waals surface area contributed by atoms with Gasteiger partial charge in [0.1, 0.15) is 10.8 Å². The predicted octanol–water partition coefficient (Wildman–Crippen LogP) is 3.41. The van der Waals surface area contributed by atoms with Crippen molar-refractivity contribution >= 4 is 34.8 Å². The van der Waals surface area contributed by atoms with E-state index >= 15 is 0 Å². The lowest BCUT2D eigenvalue weighted by atomic mass is 10.3. The third-order valence-corrected chi connectivity index (χ3v) is 3.02. The Balaban J connectivity index is 1.92. The molecule has 0 saturated carbocycles. The maximum Gasteiger partial charge on any atom is 0.262 e. The number of carbonyl (C=O) groups excluding carboxylic acids is 1. The van der Waals surface area contributed by atoms with Crippen molar-refractivity contribution in [1.82, 2.24) is 4.98 Å². The molecule has 4 nitrogen and oxygen atoms in total. The van der Waals surface area contributed by atoms with Gasteiger partial charge >= 0.3 is 0 Å². The van der Waals surface area contributed by atoms with Crippen LogP contribution >= 0.6 is 23.2 Å². The Kier molecular flexibility index (Phi) is 4.60. The van der Waals surface area contributed by atoms with E-state index in [9.17, 15) is 4.79 Å². The number of carbonyl (C=O) groups is 1. The quantitative estimate of drug-likeness (QED) is 0.941. The fraction of sp³-hybridized carbons (Fsp3) is 0.0769. The number of hydrogen-bond acceptors (Lipinski definition) is 3. The van der Waals surface area contributed by atoms with Crippen molar-refractivity contribution in [2.45, 2.75) is 0 Å². The maximum absolute atomic E-state index is 11.6. The molecule has 0 bridgehead atoms. The average molecular weight is 297 g/mol. The molecular weight excluding hydrogens is 287 g/mol. The van der Waals surface area contributed by atoms with Crippen LogP contribution in [0.2, 0.25) is 10.0 Å². The zero-order valence-electron chi connectivity index (χ0n) is 9.77. The van der Waals surface area contributed by atoms with E-state index in [0.29, 0.717) is 21.5 Å². The Morgan fingerprint density at radius 1 is 1.26 bits per heavy atom. The van der Waals surface area contributed by atoms with Crippen molar-refractivity contribution in [3.8, 4) is 5.75 Å². The molecule has 0 radical (unpaired) electrons. The highest BCUT2D eigenvalue weighted by atomic mass is 35.5. The molecule has 2 rings (SSSR count). The van der Waals surface area contributed by atoms with Gasteiger partial charge in [-0.15, -0.1) is 0 Å². The standard InChI is InChI=1S/C13H10Cl2N2O2/c14-10-4-1-5-11(13(10)15)19-8-12(18)17-9-3-2-6-16-7-9/h1-7H,8H2,(H,17,18). The number of hydrogen-bond donors (Lipinski definition) is 1. The number of pyridine rings is 1. The summed E-state index contributed by atoms with van der Waals surface area (Å²) >= 11 is 11.8. The largest absolute Gasteiger partial charge is 0.482 e. The normalized spacial score (nSPS) is 10.0. The number of benzene rings is 1. The lowest BCUT2D eigenvalue weighted by Gasteiger charge is -2.09. The Labute approximate surface area is 120 Å². The van der Waals surface area contributed by atoms with Gasteiger partial charge < -0.3 is 10.1 Å². The molecule has 0 unspecified atom stereocenters. The van der Waals surface area contributed by atoms with E-state index in [4.69, 9.17) is 27.9 Å². The molecule has 1 aromatic heterocycles. The van der Waals surface area contributed by atoms with Crippen LogP contribution in [-0.4, -0.2) is 17.5 Å². The summed E-state index contributed by atoms with van der Waals surface area (Å²) < 4.78 is 5.30. The van der Waals surface area contributed by atoms with Crippen molar-refractivity contribution in [1.29, 1.82) is 0 Å². The summed E-state index contributed by atoms with van der Waals surface area (Å²) in [5, 5.41) is 3.32. The monoisotopic (exact) mass is 296 g/mol. The molecule has 6 heteroatoms. The number of ether oxygens (including phenoxy) is 1. The Morgan fingerprint density at radius 3 is 2.84 bits per heavy atom. The fourth-order valence-electron chi connectivity index (χ4n) is 1.37. The molecule has 1 N–H and O–H groups in total. The van der Waals surface area contributed by atoms with Gasteiger partial charge in [-0.25, -0.2) is 0 Å². The first-order valence-electron chi connectivity index (χ1n) is 5.43. The SMILES string of the molecule is O=C(COc1cccc(Cl)c1Cl)Nc1cccnc1. The number of aromatic nitrogens is 1. The number of anilines is 1. The Bertz CT molecular complexity index is 576. The fourth-order valence-corrected chi connectivity index (χ4v) is 1.72. The van der Waals surface area contributed by atoms with Crippen LogP contribution in [-0.2, 0) is 4.79 Å². The van der Waals surface area contributed by atoms with Crippen molar-refractivity contribution < 1.29 is 9.53 Å². The van der Waals surface area contributed by atoms with Gasteiger partial charge in [0.15, 0.2) is 6.61 Å². The highest BCUT2D eigenvalue weighted by molar-refractivity contribution is 6.42. The van der Waals surface area contributed by atoms with E-state index in [1.54, 1.807) is 42.7 Å². The molecule has 0 aliphatic rings. The molecule has 19 heavy (non-hydrogen) atoms. The molecular formula is C13H10Cl2N2O2. The van der Waals surface area contributed by atoms with Crippen LogP contribution in [0.1, 0.15) is 0 Å². The highest BCUT2D eigenvalue weighted by Gasteiger charge is 2.08. The van der Waals surface area contributed by atoms with Gasteiger partial charge in [0.05, 0.1) is 16.9 Å². The zero-order chi connectivity index (χ0) is 13.7. The number of halogens is 2. The number of rotatable bonds is 4. The molecule has 1 amide bonds. The van der Waals surface area contributed by atoms with Crippen LogP contribution in [0.25, 0.3) is 0 Å². The van der Waals surface area contributed by atoms with Crippen LogP contribution < -0.4 is 10.1 Å². The summed E-state index contributed by atoms with van der Waals surface area (Å²) in [6.45, 7) is -0.158. The molecule has 1 aromatic carbocycles. The molecule has 0 atom stereocenters. The summed E-state index contributed by atoms with van der Waals surface area (Å²) in [5.74, 6) is 0.0690. The van der Waals surface area contributed by atoms with Gasteiger partial charge in [0.25, 0.3) is 5.91 Å². The van der Waals surface area contributed by atoms with Gasteiger partial charge in [0, 0.05) is 6.20 Å². The van der Waals surface area contributed by atoms with Crippen LogP contribution in [0, 0.1) is 0 Å². The first-order valence-corrected chi connectivity index (χ1v) is 6.19. The Hall–Kier alpha value is -1.78. The van der Waals surface area contributed by atoms with E-state index in [2.05, 4.69) is 10.3 Å². The van der Waals surface area contributed by atoms with E-state index in [1.807, 2.05) is 0 Å². The summed E-state index contributed by atoms with van der Waals surface area (Å²) in [7, 11) is 0. The van der Waals surface area contributed by atoms with Gasteiger partial charge in [-0.2, -0.15) is 0 Å². The molecule has 1 heterocycles. The number of amides is 1. The second-order valence-electron chi connectivity index (χ2n) is 3.63. The average Bonchev–Trinajstić information content (AvgIpc) is 2.42. The first-order chi connectivity index (χ1) is 9.16. The lowest BCUT2D eigenvalue weighted by molar-refractivity contribution is -0.118. The van der Waals surface area contributed by atoms with E-state index in [0.717, 1.165) is 0 Å². The predicted molar refractivity (Wildman–Crippen MR) is 74.8 cm³/mol. The molecule has 0 aliphatic carbocycles. The second-order valence-corrected chi connectivity index (χ2v) is 4.42.